The van der Waals surface area contributed by atoms with Gasteiger partial charge in [-0.05, 0) is 56.6 Å². The van der Waals surface area contributed by atoms with Crippen molar-refractivity contribution in [2.75, 3.05) is 13.6 Å². The third kappa shape index (κ3) is 13.1. The average Bonchev–Trinajstić information content (AvgIpc) is 3.54. The lowest BCUT2D eigenvalue weighted by Crippen LogP contribution is -2.54. The first-order valence-corrected chi connectivity index (χ1v) is 17.8. The number of nitrogens with zero attached hydrogens (tertiary/aromatic N) is 2. The standard InChI is InChI=1S/C38H54N6O3S/c1-8-28(6)23-39-37(46)42-32(22-30-17-13-10-14-18-30)20-19-31(21-29-15-11-9-12-16-29)40-35(45)34(26(2)3)43-38(47)44(7)24-33-25-48-36(41-33)27(4)5/h8-18,25-27,31-32,34H,19-24H2,1-7H3,(H,40,45)(H,43,47)(H2,39,42,46). The van der Waals surface area contributed by atoms with E-state index in [-0.39, 0.29) is 36.0 Å². The Bertz CT molecular complexity index is 1460. The Balaban J connectivity index is 1.72. The molecule has 5 amide bonds. The van der Waals surface area contributed by atoms with Gasteiger partial charge in [-0.15, -0.1) is 11.3 Å². The van der Waals surface area contributed by atoms with E-state index in [0.29, 0.717) is 44.7 Å². The highest BCUT2D eigenvalue weighted by Crippen LogP contribution is 2.20. The molecule has 0 aliphatic rings. The van der Waals surface area contributed by atoms with Crippen LogP contribution in [0, 0.1) is 5.92 Å². The summed E-state index contributed by atoms with van der Waals surface area (Å²) >= 11 is 1.59. The van der Waals surface area contributed by atoms with Crippen molar-refractivity contribution in [1.29, 1.82) is 0 Å². The van der Waals surface area contributed by atoms with Crippen molar-refractivity contribution < 1.29 is 14.4 Å². The van der Waals surface area contributed by atoms with Gasteiger partial charge in [-0.25, -0.2) is 14.6 Å². The molecule has 3 aromatic rings. The second-order valence-corrected chi connectivity index (χ2v) is 14.1. The van der Waals surface area contributed by atoms with Crippen molar-refractivity contribution in [3.63, 3.8) is 0 Å². The van der Waals surface area contributed by atoms with Gasteiger partial charge in [-0.3, -0.25) is 4.79 Å². The lowest BCUT2D eigenvalue weighted by atomic mass is 9.95. The first-order chi connectivity index (χ1) is 22.9. The lowest BCUT2D eigenvalue weighted by Gasteiger charge is -2.28. The highest BCUT2D eigenvalue weighted by atomic mass is 32.1. The molecule has 0 fully saturated rings. The number of rotatable bonds is 17. The fraction of sp³-hybridized carbons (Fsp3) is 0.474. The minimum atomic E-state index is -0.723. The fourth-order valence-electron chi connectivity index (χ4n) is 5.25. The maximum atomic E-state index is 13.8. The number of thiazole rings is 1. The summed E-state index contributed by atoms with van der Waals surface area (Å²) in [6.45, 7) is 12.8. The van der Waals surface area contributed by atoms with Crippen molar-refractivity contribution >= 4 is 29.3 Å². The molecular formula is C38H54N6O3S. The van der Waals surface area contributed by atoms with Crippen LogP contribution in [0.5, 0.6) is 0 Å². The third-order valence-corrected chi connectivity index (χ3v) is 9.45. The number of carbonyl (C=O) groups is 3. The van der Waals surface area contributed by atoms with Gasteiger partial charge in [0.15, 0.2) is 0 Å². The number of carbonyl (C=O) groups excluding carboxylic acids is 3. The molecule has 10 heteroatoms. The Hall–Kier alpha value is -4.18. The Morgan fingerprint density at radius 3 is 1.92 bits per heavy atom. The number of aromatic nitrogens is 1. The molecule has 0 bridgehead atoms. The van der Waals surface area contributed by atoms with Gasteiger partial charge in [-0.2, -0.15) is 0 Å². The van der Waals surface area contributed by atoms with Crippen molar-refractivity contribution in [2.24, 2.45) is 5.92 Å². The molecule has 3 unspecified atom stereocenters. The van der Waals surface area contributed by atoms with Gasteiger partial charge in [0, 0.05) is 37.0 Å². The number of nitrogens with one attached hydrogen (secondary N) is 4. The Morgan fingerprint density at radius 1 is 0.854 bits per heavy atom. The summed E-state index contributed by atoms with van der Waals surface area (Å²) in [6.07, 6.45) is 4.55. The number of urea groups is 2. The van der Waals surface area contributed by atoms with Gasteiger partial charge in [0.05, 0.1) is 17.2 Å². The SMILES string of the molecule is CC=C(C)CNC(=O)NC(CCC(Cc1ccccc1)NC(=O)C(NC(=O)N(C)Cc1csc(C(C)C)n1)C(C)C)Cc1ccccc1. The molecule has 0 radical (unpaired) electrons. The van der Waals surface area contributed by atoms with E-state index in [4.69, 9.17) is 0 Å². The van der Waals surface area contributed by atoms with E-state index in [1.165, 1.54) is 0 Å². The zero-order valence-corrected chi connectivity index (χ0v) is 30.4. The first kappa shape index (κ1) is 38.3. The molecule has 4 N–H and O–H groups in total. The van der Waals surface area contributed by atoms with Gasteiger partial charge >= 0.3 is 12.1 Å². The second-order valence-electron chi connectivity index (χ2n) is 13.2. The van der Waals surface area contributed by atoms with Crippen molar-refractivity contribution in [3.05, 3.63) is 99.5 Å². The zero-order valence-electron chi connectivity index (χ0n) is 29.6. The molecule has 3 rings (SSSR count). The molecular weight excluding hydrogens is 621 g/mol. The molecule has 1 heterocycles. The summed E-state index contributed by atoms with van der Waals surface area (Å²) in [6, 6.07) is 18.5. The normalized spacial score (nSPS) is 13.5. The molecule has 2 aromatic carbocycles. The van der Waals surface area contributed by atoms with Crippen LogP contribution in [0.2, 0.25) is 0 Å². The van der Waals surface area contributed by atoms with E-state index in [9.17, 15) is 14.4 Å². The molecule has 0 saturated carbocycles. The van der Waals surface area contributed by atoms with Crippen LogP contribution in [0.25, 0.3) is 0 Å². The fourth-order valence-corrected chi connectivity index (χ4v) is 6.08. The van der Waals surface area contributed by atoms with Crippen LogP contribution in [0.15, 0.2) is 77.7 Å². The summed E-state index contributed by atoms with van der Waals surface area (Å²) in [7, 11) is 1.72. The maximum absolute atomic E-state index is 13.8. The van der Waals surface area contributed by atoms with Gasteiger partial charge in [0.1, 0.15) is 6.04 Å². The van der Waals surface area contributed by atoms with E-state index in [1.807, 2.05) is 75.5 Å². The van der Waals surface area contributed by atoms with Crippen LogP contribution >= 0.6 is 11.3 Å². The van der Waals surface area contributed by atoms with Crippen molar-refractivity contribution in [2.45, 2.75) is 97.8 Å². The van der Waals surface area contributed by atoms with Crippen LogP contribution in [0.3, 0.4) is 0 Å². The molecule has 0 spiro atoms. The number of benzene rings is 2. The summed E-state index contributed by atoms with van der Waals surface area (Å²) in [5.74, 6) is -0.0336. The zero-order chi connectivity index (χ0) is 35.1. The van der Waals surface area contributed by atoms with Gasteiger partial charge in [0.2, 0.25) is 5.91 Å². The summed E-state index contributed by atoms with van der Waals surface area (Å²) in [5.41, 5.74) is 4.14. The predicted molar refractivity (Wildman–Crippen MR) is 196 cm³/mol. The van der Waals surface area contributed by atoms with Crippen LogP contribution < -0.4 is 21.3 Å². The molecule has 260 valence electrons. The molecule has 0 aliphatic carbocycles. The second kappa shape index (κ2) is 19.6. The Kier molecular flexibility index (Phi) is 15.6. The molecule has 0 saturated heterocycles. The summed E-state index contributed by atoms with van der Waals surface area (Å²) in [5, 5.41) is 15.4. The minimum absolute atomic E-state index is 0.136. The van der Waals surface area contributed by atoms with Crippen LogP contribution in [-0.4, -0.2) is 59.6 Å². The number of allylic oxidation sites excluding steroid dienone is 1. The van der Waals surface area contributed by atoms with Crippen LogP contribution in [0.4, 0.5) is 9.59 Å². The molecule has 0 aliphatic heterocycles. The average molecular weight is 675 g/mol. The van der Waals surface area contributed by atoms with E-state index >= 15 is 0 Å². The lowest BCUT2D eigenvalue weighted by molar-refractivity contribution is -0.124. The maximum Gasteiger partial charge on any atom is 0.318 e. The van der Waals surface area contributed by atoms with Gasteiger partial charge in [0.25, 0.3) is 0 Å². The van der Waals surface area contributed by atoms with Gasteiger partial charge < -0.3 is 26.2 Å². The molecule has 9 nitrogen and oxygen atoms in total. The smallest absolute Gasteiger partial charge is 0.318 e. The number of hydrogen-bond acceptors (Lipinski definition) is 5. The monoisotopic (exact) mass is 674 g/mol. The quantitative estimate of drug-likeness (QED) is 0.118. The topological polar surface area (TPSA) is 115 Å². The molecule has 3 atom stereocenters. The number of amides is 5. The van der Waals surface area contributed by atoms with Crippen molar-refractivity contribution in [1.82, 2.24) is 31.2 Å². The summed E-state index contributed by atoms with van der Waals surface area (Å²) in [4.78, 5) is 46.2. The van der Waals surface area contributed by atoms with Crippen LogP contribution in [0.1, 0.15) is 82.1 Å². The largest absolute Gasteiger partial charge is 0.351 e. The Morgan fingerprint density at radius 2 is 1.42 bits per heavy atom. The number of hydrogen-bond donors (Lipinski definition) is 4. The van der Waals surface area contributed by atoms with E-state index in [2.05, 4.69) is 64.4 Å². The predicted octanol–water partition coefficient (Wildman–Crippen LogP) is 6.82. The first-order valence-electron chi connectivity index (χ1n) is 16.9. The van der Waals surface area contributed by atoms with Gasteiger partial charge in [-0.1, -0.05) is 100 Å². The third-order valence-electron chi connectivity index (χ3n) is 8.25. The van der Waals surface area contributed by atoms with Crippen molar-refractivity contribution in [3.8, 4) is 0 Å². The van der Waals surface area contributed by atoms with E-state index < -0.39 is 6.04 Å². The summed E-state index contributed by atoms with van der Waals surface area (Å²) < 4.78 is 0. The molecule has 48 heavy (non-hydrogen) atoms. The highest BCUT2D eigenvalue weighted by Gasteiger charge is 2.28. The Labute approximate surface area is 291 Å². The highest BCUT2D eigenvalue weighted by molar-refractivity contribution is 7.09. The molecule has 1 aromatic heterocycles. The van der Waals surface area contributed by atoms with Crippen LogP contribution in [-0.2, 0) is 24.2 Å². The minimum Gasteiger partial charge on any atom is -0.351 e. The van der Waals surface area contributed by atoms with E-state index in [0.717, 1.165) is 27.4 Å². The van der Waals surface area contributed by atoms with E-state index in [1.54, 1.807) is 23.3 Å².